The van der Waals surface area contributed by atoms with Crippen molar-refractivity contribution in [1.29, 1.82) is 0 Å². The second kappa shape index (κ2) is 14.2. The fourth-order valence-corrected chi connectivity index (χ4v) is 5.34. The number of benzene rings is 4. The molecule has 0 fully saturated rings. The number of rotatable bonds is 10. The summed E-state index contributed by atoms with van der Waals surface area (Å²) >= 11 is 0. The maximum atomic E-state index is 5.38. The summed E-state index contributed by atoms with van der Waals surface area (Å²) in [5.41, 5.74) is 6.87. The van der Waals surface area contributed by atoms with E-state index in [0.717, 1.165) is 45.3 Å². The number of hydrogen-bond donors (Lipinski definition) is 0. The maximum absolute atomic E-state index is 5.38. The Morgan fingerprint density at radius 1 is 0.320 bits per heavy atom. The van der Waals surface area contributed by atoms with Crippen molar-refractivity contribution < 1.29 is 18.9 Å². The van der Waals surface area contributed by atoms with Crippen LogP contribution in [0.4, 0.5) is 0 Å². The van der Waals surface area contributed by atoms with Crippen molar-refractivity contribution in [2.45, 2.75) is 0 Å². The lowest BCUT2D eigenvalue weighted by atomic mass is 10.0. The summed E-state index contributed by atoms with van der Waals surface area (Å²) in [5, 5.41) is 18.3. The number of ether oxygens (including phenoxy) is 4. The Balaban J connectivity index is 1.31. The van der Waals surface area contributed by atoms with Crippen molar-refractivity contribution in [2.24, 2.45) is 0 Å². The molecule has 0 N–H and O–H groups in total. The molecular formula is C39H31N7O4. The molecule has 246 valence electrons. The van der Waals surface area contributed by atoms with Crippen molar-refractivity contribution in [3.05, 3.63) is 115 Å². The minimum absolute atomic E-state index is 0.341. The molecule has 0 saturated carbocycles. The quantitative estimate of drug-likeness (QED) is 0.145. The van der Waals surface area contributed by atoms with Crippen LogP contribution in [0.15, 0.2) is 115 Å². The number of aromatic nitrogens is 7. The third kappa shape index (κ3) is 6.52. The molecule has 0 bridgehead atoms. The highest BCUT2D eigenvalue weighted by Crippen LogP contribution is 2.34. The zero-order valence-electron chi connectivity index (χ0n) is 27.7. The Labute approximate surface area is 288 Å². The van der Waals surface area contributed by atoms with E-state index < -0.39 is 0 Å². The van der Waals surface area contributed by atoms with Crippen LogP contribution >= 0.6 is 0 Å². The van der Waals surface area contributed by atoms with E-state index in [-0.39, 0.29) is 0 Å². The average molecular weight is 662 g/mol. The van der Waals surface area contributed by atoms with Crippen LogP contribution in [0.3, 0.4) is 0 Å². The van der Waals surface area contributed by atoms with Crippen molar-refractivity contribution in [3.8, 4) is 91.1 Å². The standard InChI is InChI=1S/C39H31N7O4/c1-47-28-16-8-24(9-17-28)34-36(26-12-20-30(49-3)21-13-26)43-45-38(41-34)32-6-5-7-33(40-32)39-42-35(25-10-18-29(48-2)19-11-25)37(44-46-39)27-14-22-31(50-4)23-15-27/h5-23H,1-4H3. The lowest BCUT2D eigenvalue weighted by molar-refractivity contribution is 0.414. The number of hydrogen-bond acceptors (Lipinski definition) is 11. The summed E-state index contributed by atoms with van der Waals surface area (Å²) in [7, 11) is 6.52. The molecule has 0 aliphatic heterocycles. The SMILES string of the molecule is COc1ccc(-c2nnc(-c3cccc(-c4nnc(-c5ccc(OC)cc5)c(-c5ccc(OC)cc5)n4)n3)nc2-c2ccc(OC)cc2)cc1. The highest BCUT2D eigenvalue weighted by Gasteiger charge is 2.19. The van der Waals surface area contributed by atoms with Crippen LogP contribution in [0.5, 0.6) is 23.0 Å². The summed E-state index contributed by atoms with van der Waals surface area (Å²) in [6, 6.07) is 36.0. The van der Waals surface area contributed by atoms with Gasteiger partial charge in [0.25, 0.3) is 0 Å². The Hall–Kier alpha value is -6.75. The molecule has 0 saturated heterocycles. The summed E-state index contributed by atoms with van der Waals surface area (Å²) in [6.07, 6.45) is 0. The van der Waals surface area contributed by atoms with E-state index in [4.69, 9.17) is 33.9 Å². The van der Waals surface area contributed by atoms with Gasteiger partial charge >= 0.3 is 0 Å². The monoisotopic (exact) mass is 661 g/mol. The third-order valence-corrected chi connectivity index (χ3v) is 8.03. The zero-order valence-corrected chi connectivity index (χ0v) is 27.7. The average Bonchev–Trinajstić information content (AvgIpc) is 3.20. The lowest BCUT2D eigenvalue weighted by Gasteiger charge is -2.12. The van der Waals surface area contributed by atoms with Gasteiger partial charge in [-0.1, -0.05) is 6.07 Å². The van der Waals surface area contributed by atoms with Gasteiger partial charge in [-0.25, -0.2) is 15.0 Å². The van der Waals surface area contributed by atoms with E-state index in [2.05, 4.69) is 20.4 Å². The predicted molar refractivity (Wildman–Crippen MR) is 190 cm³/mol. The van der Waals surface area contributed by atoms with Gasteiger partial charge in [0.1, 0.15) is 57.2 Å². The van der Waals surface area contributed by atoms with Crippen molar-refractivity contribution in [2.75, 3.05) is 28.4 Å². The largest absolute Gasteiger partial charge is 0.497 e. The summed E-state index contributed by atoms with van der Waals surface area (Å²) in [6.45, 7) is 0. The molecule has 3 heterocycles. The first-order chi connectivity index (χ1) is 24.6. The minimum Gasteiger partial charge on any atom is -0.497 e. The number of pyridine rings is 1. The summed E-state index contributed by atoms with van der Waals surface area (Å²) in [4.78, 5) is 14.9. The second-order valence-electron chi connectivity index (χ2n) is 11.0. The highest BCUT2D eigenvalue weighted by atomic mass is 16.5. The minimum atomic E-state index is 0.341. The fraction of sp³-hybridized carbons (Fsp3) is 0.103. The first-order valence-corrected chi connectivity index (χ1v) is 15.6. The first-order valence-electron chi connectivity index (χ1n) is 15.6. The molecular weight excluding hydrogens is 630 g/mol. The Bertz CT molecular complexity index is 2090. The van der Waals surface area contributed by atoms with Gasteiger partial charge in [0.2, 0.25) is 11.6 Å². The van der Waals surface area contributed by atoms with Crippen LogP contribution in [0, 0.1) is 0 Å². The molecule has 4 aromatic carbocycles. The molecule has 0 aliphatic rings. The van der Waals surface area contributed by atoms with Crippen LogP contribution in [0.2, 0.25) is 0 Å². The molecule has 11 nitrogen and oxygen atoms in total. The van der Waals surface area contributed by atoms with Gasteiger partial charge in [0.05, 0.1) is 28.4 Å². The van der Waals surface area contributed by atoms with Gasteiger partial charge in [0, 0.05) is 22.3 Å². The van der Waals surface area contributed by atoms with Crippen LogP contribution in [-0.4, -0.2) is 63.8 Å². The summed E-state index contributed by atoms with van der Waals surface area (Å²) in [5.74, 6) is 3.62. The van der Waals surface area contributed by atoms with E-state index >= 15 is 0 Å². The van der Waals surface area contributed by atoms with Crippen molar-refractivity contribution in [1.82, 2.24) is 35.3 Å². The van der Waals surface area contributed by atoms with E-state index in [9.17, 15) is 0 Å². The Morgan fingerprint density at radius 2 is 0.620 bits per heavy atom. The molecule has 0 unspecified atom stereocenters. The molecule has 11 heteroatoms. The van der Waals surface area contributed by atoms with E-state index in [1.54, 1.807) is 28.4 Å². The third-order valence-electron chi connectivity index (χ3n) is 8.03. The van der Waals surface area contributed by atoms with Gasteiger partial charge in [-0.3, -0.25) is 0 Å². The molecule has 0 radical (unpaired) electrons. The fourth-order valence-electron chi connectivity index (χ4n) is 5.34. The lowest BCUT2D eigenvalue weighted by Crippen LogP contribution is -2.03. The Morgan fingerprint density at radius 3 is 0.920 bits per heavy atom. The smallest absolute Gasteiger partial charge is 0.201 e. The van der Waals surface area contributed by atoms with Crippen LogP contribution in [-0.2, 0) is 0 Å². The molecule has 50 heavy (non-hydrogen) atoms. The summed E-state index contributed by atoms with van der Waals surface area (Å²) < 4.78 is 21.5. The normalized spacial score (nSPS) is 10.8. The van der Waals surface area contributed by atoms with Crippen LogP contribution in [0.1, 0.15) is 0 Å². The predicted octanol–water partition coefficient (Wildman–Crippen LogP) is 7.49. The zero-order chi connectivity index (χ0) is 34.5. The van der Waals surface area contributed by atoms with Gasteiger partial charge in [-0.2, -0.15) is 0 Å². The van der Waals surface area contributed by atoms with Crippen molar-refractivity contribution in [3.63, 3.8) is 0 Å². The maximum Gasteiger partial charge on any atom is 0.201 e. The van der Waals surface area contributed by atoms with Gasteiger partial charge in [-0.15, -0.1) is 20.4 Å². The van der Waals surface area contributed by atoms with E-state index in [1.807, 2.05) is 115 Å². The van der Waals surface area contributed by atoms with E-state index in [0.29, 0.717) is 45.8 Å². The van der Waals surface area contributed by atoms with Gasteiger partial charge in [-0.05, 0) is 109 Å². The number of nitrogens with zero attached hydrogens (tertiary/aromatic N) is 7. The second-order valence-corrected chi connectivity index (χ2v) is 11.0. The van der Waals surface area contributed by atoms with Gasteiger partial charge < -0.3 is 18.9 Å². The van der Waals surface area contributed by atoms with Crippen LogP contribution in [0.25, 0.3) is 68.1 Å². The van der Waals surface area contributed by atoms with Crippen molar-refractivity contribution >= 4 is 0 Å². The molecule has 0 aliphatic carbocycles. The number of methoxy groups -OCH3 is 4. The Kier molecular flexibility index (Phi) is 9.01. The molecule has 0 spiro atoms. The molecule has 0 atom stereocenters. The highest BCUT2D eigenvalue weighted by molar-refractivity contribution is 5.80. The molecule has 7 aromatic rings. The molecule has 7 rings (SSSR count). The van der Waals surface area contributed by atoms with Crippen LogP contribution < -0.4 is 18.9 Å². The van der Waals surface area contributed by atoms with Gasteiger partial charge in [0.15, 0.2) is 0 Å². The first kappa shape index (κ1) is 31.8. The topological polar surface area (TPSA) is 127 Å². The molecule has 0 amide bonds. The molecule has 3 aromatic heterocycles. The van der Waals surface area contributed by atoms with E-state index in [1.165, 1.54) is 0 Å².